The third-order valence-corrected chi connectivity index (χ3v) is 4.08. The van der Waals surface area contributed by atoms with Gasteiger partial charge >= 0.3 is 0 Å². The van der Waals surface area contributed by atoms with Crippen LogP contribution in [0.5, 0.6) is 0 Å². The first-order chi connectivity index (χ1) is 8.25. The first-order valence-electron chi connectivity index (χ1n) is 6.37. The molecular weight excluding hydrogens is 278 g/mol. The predicted molar refractivity (Wildman–Crippen MR) is 75.6 cm³/mol. The molecule has 1 atom stereocenters. The molecule has 1 aromatic carbocycles. The van der Waals surface area contributed by atoms with E-state index >= 15 is 0 Å². The Morgan fingerprint density at radius 3 is 3.06 bits per heavy atom. The highest BCUT2D eigenvalue weighted by Gasteiger charge is 2.14. The van der Waals surface area contributed by atoms with Crippen LogP contribution in [0.15, 0.2) is 22.7 Å². The number of anilines is 1. The molecule has 0 aromatic heterocycles. The van der Waals surface area contributed by atoms with Crippen molar-refractivity contribution in [3.05, 3.63) is 28.2 Å². The zero-order chi connectivity index (χ0) is 12.1. The average Bonchev–Trinajstić information content (AvgIpc) is 2.82. The topological polar surface area (TPSA) is 21.3 Å². The van der Waals surface area contributed by atoms with Gasteiger partial charge in [-0.2, -0.15) is 0 Å². The van der Waals surface area contributed by atoms with Gasteiger partial charge in [-0.05, 0) is 50.3 Å². The van der Waals surface area contributed by atoms with E-state index in [1.165, 1.54) is 41.4 Å². The van der Waals surface area contributed by atoms with Gasteiger partial charge in [0, 0.05) is 23.3 Å². The number of aryl methyl sites for hydroxylation is 1. The van der Waals surface area contributed by atoms with Crippen molar-refractivity contribution in [2.24, 2.45) is 0 Å². The molecule has 1 aromatic rings. The van der Waals surface area contributed by atoms with Gasteiger partial charge < -0.3 is 10.1 Å². The van der Waals surface area contributed by atoms with E-state index in [2.05, 4.69) is 46.4 Å². The van der Waals surface area contributed by atoms with Crippen LogP contribution in [0, 0.1) is 6.92 Å². The Bertz CT molecular complexity index is 361. The Balaban J connectivity index is 1.68. The van der Waals surface area contributed by atoms with E-state index in [4.69, 9.17) is 4.74 Å². The van der Waals surface area contributed by atoms with Crippen molar-refractivity contribution >= 4 is 21.6 Å². The molecular formula is C14H20BrNO. The summed E-state index contributed by atoms with van der Waals surface area (Å²) >= 11 is 3.55. The molecule has 17 heavy (non-hydrogen) atoms. The maximum Gasteiger partial charge on any atom is 0.0576 e. The third-order valence-electron chi connectivity index (χ3n) is 3.23. The lowest BCUT2D eigenvalue weighted by atomic mass is 10.1. The number of halogens is 1. The minimum atomic E-state index is 0.515. The number of rotatable bonds is 5. The van der Waals surface area contributed by atoms with Gasteiger partial charge in [0.1, 0.15) is 0 Å². The van der Waals surface area contributed by atoms with Crippen LogP contribution < -0.4 is 5.32 Å². The lowest BCUT2D eigenvalue weighted by Crippen LogP contribution is -2.09. The Labute approximate surface area is 112 Å². The molecule has 1 saturated heterocycles. The maximum atomic E-state index is 5.60. The van der Waals surface area contributed by atoms with Crippen molar-refractivity contribution in [1.82, 2.24) is 0 Å². The molecule has 3 heteroatoms. The van der Waals surface area contributed by atoms with Crippen molar-refractivity contribution in [2.75, 3.05) is 18.5 Å². The summed E-state index contributed by atoms with van der Waals surface area (Å²) in [4.78, 5) is 0. The first kappa shape index (κ1) is 12.9. The van der Waals surface area contributed by atoms with E-state index in [9.17, 15) is 0 Å². The van der Waals surface area contributed by atoms with Crippen LogP contribution in [-0.4, -0.2) is 19.3 Å². The summed E-state index contributed by atoms with van der Waals surface area (Å²) in [5.41, 5.74) is 2.46. The second-order valence-corrected chi connectivity index (χ2v) is 5.52. The Hall–Kier alpha value is -0.540. The van der Waals surface area contributed by atoms with E-state index in [1.54, 1.807) is 0 Å². The van der Waals surface area contributed by atoms with Crippen LogP contribution in [0.2, 0.25) is 0 Å². The smallest absolute Gasteiger partial charge is 0.0576 e. The molecule has 0 radical (unpaired) electrons. The van der Waals surface area contributed by atoms with Gasteiger partial charge in [0.25, 0.3) is 0 Å². The zero-order valence-electron chi connectivity index (χ0n) is 10.3. The summed E-state index contributed by atoms with van der Waals surface area (Å²) in [6.07, 6.45) is 5.36. The van der Waals surface area contributed by atoms with Crippen molar-refractivity contribution in [1.29, 1.82) is 0 Å². The largest absolute Gasteiger partial charge is 0.385 e. The molecule has 1 heterocycles. The molecule has 1 aliphatic heterocycles. The zero-order valence-corrected chi connectivity index (χ0v) is 11.9. The van der Waals surface area contributed by atoms with E-state index in [1.807, 2.05) is 0 Å². The molecule has 1 aliphatic rings. The van der Waals surface area contributed by atoms with Crippen LogP contribution in [0.4, 0.5) is 5.69 Å². The third kappa shape index (κ3) is 4.00. The van der Waals surface area contributed by atoms with Crippen molar-refractivity contribution < 1.29 is 4.74 Å². The van der Waals surface area contributed by atoms with Crippen molar-refractivity contribution in [2.45, 2.75) is 38.7 Å². The molecule has 0 bridgehead atoms. The molecule has 0 spiro atoms. The maximum absolute atomic E-state index is 5.60. The van der Waals surface area contributed by atoms with E-state index < -0.39 is 0 Å². The first-order valence-corrected chi connectivity index (χ1v) is 7.16. The van der Waals surface area contributed by atoms with Crippen LogP contribution in [-0.2, 0) is 4.74 Å². The monoisotopic (exact) mass is 297 g/mol. The van der Waals surface area contributed by atoms with Gasteiger partial charge in [-0.15, -0.1) is 0 Å². The highest BCUT2D eigenvalue weighted by atomic mass is 79.9. The fourth-order valence-electron chi connectivity index (χ4n) is 2.14. The summed E-state index contributed by atoms with van der Waals surface area (Å²) in [6, 6.07) is 6.40. The SMILES string of the molecule is Cc1ccc(NCCCC2CCCO2)cc1Br. The fraction of sp³-hybridized carbons (Fsp3) is 0.571. The van der Waals surface area contributed by atoms with Crippen molar-refractivity contribution in [3.63, 3.8) is 0 Å². The van der Waals surface area contributed by atoms with Crippen LogP contribution >= 0.6 is 15.9 Å². The van der Waals surface area contributed by atoms with Crippen LogP contribution in [0.1, 0.15) is 31.2 Å². The minimum Gasteiger partial charge on any atom is -0.385 e. The molecule has 0 amide bonds. The summed E-state index contributed by atoms with van der Waals surface area (Å²) in [5, 5.41) is 3.45. The summed E-state index contributed by atoms with van der Waals surface area (Å²) in [7, 11) is 0. The lowest BCUT2D eigenvalue weighted by molar-refractivity contribution is 0.103. The number of hydrogen-bond donors (Lipinski definition) is 1. The lowest BCUT2D eigenvalue weighted by Gasteiger charge is -2.11. The minimum absolute atomic E-state index is 0.515. The Morgan fingerprint density at radius 2 is 2.35 bits per heavy atom. The predicted octanol–water partition coefficient (Wildman–Crippen LogP) is 4.13. The number of hydrogen-bond acceptors (Lipinski definition) is 2. The summed E-state index contributed by atoms with van der Waals surface area (Å²) < 4.78 is 6.77. The molecule has 1 fully saturated rings. The van der Waals surface area contributed by atoms with Gasteiger partial charge in [0.15, 0.2) is 0 Å². The highest BCUT2D eigenvalue weighted by molar-refractivity contribution is 9.10. The van der Waals surface area contributed by atoms with E-state index in [0.717, 1.165) is 13.2 Å². The van der Waals surface area contributed by atoms with Crippen LogP contribution in [0.3, 0.4) is 0 Å². The molecule has 0 aliphatic carbocycles. The normalized spacial score (nSPS) is 19.5. The Morgan fingerprint density at radius 1 is 1.47 bits per heavy atom. The standard InChI is InChI=1S/C14H20BrNO/c1-11-6-7-12(10-14(11)15)16-8-2-4-13-5-3-9-17-13/h6-7,10,13,16H,2-5,8-9H2,1H3. The second-order valence-electron chi connectivity index (χ2n) is 4.67. The average molecular weight is 298 g/mol. The molecule has 94 valence electrons. The quantitative estimate of drug-likeness (QED) is 0.825. The molecule has 0 saturated carbocycles. The van der Waals surface area contributed by atoms with Gasteiger partial charge in [0.05, 0.1) is 6.10 Å². The molecule has 1 unspecified atom stereocenters. The second kappa shape index (κ2) is 6.41. The van der Waals surface area contributed by atoms with E-state index in [0.29, 0.717) is 6.10 Å². The number of nitrogens with one attached hydrogen (secondary N) is 1. The van der Waals surface area contributed by atoms with Gasteiger partial charge in [0.2, 0.25) is 0 Å². The van der Waals surface area contributed by atoms with Gasteiger partial charge in [-0.1, -0.05) is 22.0 Å². The highest BCUT2D eigenvalue weighted by Crippen LogP contribution is 2.21. The van der Waals surface area contributed by atoms with Gasteiger partial charge in [-0.25, -0.2) is 0 Å². The molecule has 2 rings (SSSR count). The summed E-state index contributed by atoms with van der Waals surface area (Å²) in [6.45, 7) is 4.09. The van der Waals surface area contributed by atoms with Crippen LogP contribution in [0.25, 0.3) is 0 Å². The Kier molecular flexibility index (Phi) is 4.86. The van der Waals surface area contributed by atoms with Gasteiger partial charge in [-0.3, -0.25) is 0 Å². The number of ether oxygens (including phenoxy) is 1. The number of benzene rings is 1. The van der Waals surface area contributed by atoms with Crippen molar-refractivity contribution in [3.8, 4) is 0 Å². The summed E-state index contributed by atoms with van der Waals surface area (Å²) in [5.74, 6) is 0. The molecule has 2 nitrogen and oxygen atoms in total. The molecule has 1 N–H and O–H groups in total. The fourth-order valence-corrected chi connectivity index (χ4v) is 2.52. The van der Waals surface area contributed by atoms with E-state index in [-0.39, 0.29) is 0 Å².